The molecule has 1 aliphatic heterocycles. The Bertz CT molecular complexity index is 489. The van der Waals surface area contributed by atoms with Gasteiger partial charge in [0.05, 0.1) is 5.92 Å². The van der Waals surface area contributed by atoms with Crippen molar-refractivity contribution in [3.63, 3.8) is 0 Å². The summed E-state index contributed by atoms with van der Waals surface area (Å²) in [6.45, 7) is 3.35. The van der Waals surface area contributed by atoms with E-state index < -0.39 is 11.9 Å². The van der Waals surface area contributed by atoms with E-state index in [2.05, 4.69) is 17.4 Å². The number of nitrogens with one attached hydrogen (secondary N) is 1. The lowest BCUT2D eigenvalue weighted by Gasteiger charge is -2.22. The fourth-order valence-corrected chi connectivity index (χ4v) is 2.60. The monoisotopic (exact) mass is 290 g/mol. The Morgan fingerprint density at radius 1 is 1.24 bits per heavy atom. The first-order valence-corrected chi connectivity index (χ1v) is 7.44. The zero-order chi connectivity index (χ0) is 15.2. The maximum absolute atomic E-state index is 12.2. The van der Waals surface area contributed by atoms with Crippen LogP contribution in [0, 0.1) is 5.92 Å². The molecule has 1 aromatic carbocycles. The van der Waals surface area contributed by atoms with Crippen LogP contribution >= 0.6 is 0 Å². The Kier molecular flexibility index (Phi) is 5.20. The fourth-order valence-electron chi connectivity index (χ4n) is 2.60. The third kappa shape index (κ3) is 3.97. The van der Waals surface area contributed by atoms with Gasteiger partial charge in [-0.25, -0.2) is 4.79 Å². The zero-order valence-corrected chi connectivity index (χ0v) is 12.3. The van der Waals surface area contributed by atoms with Gasteiger partial charge in [-0.15, -0.1) is 0 Å². The summed E-state index contributed by atoms with van der Waals surface area (Å²) in [4.78, 5) is 24.9. The third-order valence-electron chi connectivity index (χ3n) is 4.05. The van der Waals surface area contributed by atoms with Gasteiger partial charge < -0.3 is 15.3 Å². The minimum absolute atomic E-state index is 0.164. The van der Waals surface area contributed by atoms with E-state index in [0.29, 0.717) is 19.5 Å². The van der Waals surface area contributed by atoms with Gasteiger partial charge >= 0.3 is 12.0 Å². The van der Waals surface area contributed by atoms with Crippen molar-refractivity contribution in [2.45, 2.75) is 26.2 Å². The van der Waals surface area contributed by atoms with Crippen molar-refractivity contribution >= 4 is 12.0 Å². The van der Waals surface area contributed by atoms with E-state index in [4.69, 9.17) is 5.11 Å². The molecule has 0 aliphatic carbocycles. The molecule has 1 unspecified atom stereocenters. The molecule has 0 saturated heterocycles. The van der Waals surface area contributed by atoms with Crippen molar-refractivity contribution in [2.24, 2.45) is 5.92 Å². The molecule has 5 heteroatoms. The van der Waals surface area contributed by atoms with Crippen LogP contribution in [0.2, 0.25) is 0 Å². The molecule has 2 amide bonds. The molecule has 0 radical (unpaired) electrons. The van der Waals surface area contributed by atoms with Gasteiger partial charge in [-0.3, -0.25) is 4.79 Å². The number of fused-ring (bicyclic) bond motifs is 1. The predicted octanol–water partition coefficient (Wildman–Crippen LogP) is 1.91. The minimum Gasteiger partial charge on any atom is -0.481 e. The van der Waals surface area contributed by atoms with E-state index in [1.54, 1.807) is 4.90 Å². The Hall–Kier alpha value is -2.04. The van der Waals surface area contributed by atoms with Gasteiger partial charge in [0, 0.05) is 19.6 Å². The molecule has 2 rings (SSSR count). The highest BCUT2D eigenvalue weighted by molar-refractivity contribution is 5.76. The van der Waals surface area contributed by atoms with E-state index in [-0.39, 0.29) is 12.6 Å². The van der Waals surface area contributed by atoms with Crippen molar-refractivity contribution in [1.29, 1.82) is 0 Å². The molecule has 1 heterocycles. The van der Waals surface area contributed by atoms with Crippen LogP contribution in [0.4, 0.5) is 4.79 Å². The summed E-state index contributed by atoms with van der Waals surface area (Å²) in [5.41, 5.74) is 2.59. The van der Waals surface area contributed by atoms with Crippen LogP contribution in [0.25, 0.3) is 0 Å². The van der Waals surface area contributed by atoms with E-state index in [1.807, 2.05) is 19.1 Å². The second-order valence-corrected chi connectivity index (χ2v) is 5.39. The minimum atomic E-state index is -0.860. The first-order valence-electron chi connectivity index (χ1n) is 7.44. The van der Waals surface area contributed by atoms with Gasteiger partial charge in [0.25, 0.3) is 0 Å². The molecular formula is C16H22N2O3. The molecule has 114 valence electrons. The highest BCUT2D eigenvalue weighted by Gasteiger charge is 2.20. The first kappa shape index (κ1) is 15.4. The number of nitrogens with zero attached hydrogens (tertiary/aromatic N) is 1. The molecule has 0 bridgehead atoms. The summed E-state index contributed by atoms with van der Waals surface area (Å²) >= 11 is 0. The molecule has 0 aromatic heterocycles. The lowest BCUT2D eigenvalue weighted by atomic mass is 10.0. The number of benzene rings is 1. The highest BCUT2D eigenvalue weighted by atomic mass is 16.4. The second kappa shape index (κ2) is 7.11. The number of amides is 2. The number of aliphatic carboxylic acids is 1. The van der Waals surface area contributed by atoms with Gasteiger partial charge in [-0.05, 0) is 30.4 Å². The summed E-state index contributed by atoms with van der Waals surface area (Å²) in [5, 5.41) is 11.7. The van der Waals surface area contributed by atoms with Gasteiger partial charge in [0.1, 0.15) is 0 Å². The van der Waals surface area contributed by atoms with Crippen LogP contribution in [0.5, 0.6) is 0 Å². The lowest BCUT2D eigenvalue weighted by Crippen LogP contribution is -2.43. The second-order valence-electron chi connectivity index (χ2n) is 5.39. The lowest BCUT2D eigenvalue weighted by molar-refractivity contribution is -0.141. The summed E-state index contributed by atoms with van der Waals surface area (Å²) in [7, 11) is 0. The van der Waals surface area contributed by atoms with Crippen LogP contribution in [0.15, 0.2) is 24.3 Å². The molecular weight excluding hydrogens is 268 g/mol. The molecule has 21 heavy (non-hydrogen) atoms. The van der Waals surface area contributed by atoms with Crippen molar-refractivity contribution in [3.05, 3.63) is 35.4 Å². The van der Waals surface area contributed by atoms with Crippen LogP contribution in [-0.2, 0) is 17.6 Å². The van der Waals surface area contributed by atoms with E-state index in [9.17, 15) is 9.59 Å². The summed E-state index contributed by atoms with van der Waals surface area (Å²) in [6, 6.07) is 8.09. The summed E-state index contributed by atoms with van der Waals surface area (Å²) < 4.78 is 0. The van der Waals surface area contributed by atoms with Crippen LogP contribution in [0.3, 0.4) is 0 Å². The van der Waals surface area contributed by atoms with Gasteiger partial charge in [0.2, 0.25) is 0 Å². The van der Waals surface area contributed by atoms with Crippen LogP contribution < -0.4 is 5.32 Å². The number of hydrogen-bond donors (Lipinski definition) is 2. The Morgan fingerprint density at radius 2 is 1.81 bits per heavy atom. The van der Waals surface area contributed by atoms with Crippen LogP contribution in [-0.4, -0.2) is 41.6 Å². The normalized spacial score (nSPS) is 15.8. The van der Waals surface area contributed by atoms with Gasteiger partial charge in [-0.1, -0.05) is 31.2 Å². The SMILES string of the molecule is CCC(CNC(=O)N1CCc2ccccc2CC1)C(=O)O. The first-order chi connectivity index (χ1) is 10.1. The summed E-state index contributed by atoms with van der Waals surface area (Å²) in [6.07, 6.45) is 2.21. The highest BCUT2D eigenvalue weighted by Crippen LogP contribution is 2.15. The molecule has 0 saturated carbocycles. The van der Waals surface area contributed by atoms with Crippen molar-refractivity contribution < 1.29 is 14.7 Å². The number of carbonyl (C=O) groups is 2. The summed E-state index contributed by atoms with van der Waals surface area (Å²) in [5.74, 6) is -1.38. The Balaban J connectivity index is 1.89. The fraction of sp³-hybridized carbons (Fsp3) is 0.500. The number of urea groups is 1. The van der Waals surface area contributed by atoms with Gasteiger partial charge in [-0.2, -0.15) is 0 Å². The maximum atomic E-state index is 12.2. The average molecular weight is 290 g/mol. The standard InChI is InChI=1S/C16H22N2O3/c1-2-12(15(19)20)11-17-16(21)18-9-7-13-5-3-4-6-14(13)8-10-18/h3-6,12H,2,7-11H2,1H3,(H,17,21)(H,19,20). The number of carboxylic acid groups (broad SMARTS) is 1. The molecule has 2 N–H and O–H groups in total. The number of rotatable bonds is 4. The molecule has 0 fully saturated rings. The predicted molar refractivity (Wildman–Crippen MR) is 80.2 cm³/mol. The molecule has 1 aromatic rings. The largest absolute Gasteiger partial charge is 0.481 e. The van der Waals surface area contributed by atoms with Crippen LogP contribution in [0.1, 0.15) is 24.5 Å². The molecule has 0 spiro atoms. The zero-order valence-electron chi connectivity index (χ0n) is 12.3. The van der Waals surface area contributed by atoms with E-state index >= 15 is 0 Å². The number of hydrogen-bond acceptors (Lipinski definition) is 2. The Labute approximate surface area is 125 Å². The topological polar surface area (TPSA) is 69.6 Å². The average Bonchev–Trinajstić information content (AvgIpc) is 2.70. The third-order valence-corrected chi connectivity index (χ3v) is 4.05. The van der Waals surface area contributed by atoms with Crippen molar-refractivity contribution in [3.8, 4) is 0 Å². The van der Waals surface area contributed by atoms with Crippen molar-refractivity contribution in [2.75, 3.05) is 19.6 Å². The van der Waals surface area contributed by atoms with E-state index in [1.165, 1.54) is 11.1 Å². The molecule has 1 atom stereocenters. The molecule has 5 nitrogen and oxygen atoms in total. The number of carbonyl (C=O) groups excluding carboxylic acids is 1. The smallest absolute Gasteiger partial charge is 0.317 e. The van der Waals surface area contributed by atoms with Gasteiger partial charge in [0.15, 0.2) is 0 Å². The number of carboxylic acids is 1. The quantitative estimate of drug-likeness (QED) is 0.890. The van der Waals surface area contributed by atoms with E-state index in [0.717, 1.165) is 12.8 Å². The Morgan fingerprint density at radius 3 is 2.29 bits per heavy atom. The molecule has 1 aliphatic rings. The maximum Gasteiger partial charge on any atom is 0.317 e. The van der Waals surface area contributed by atoms with Crippen molar-refractivity contribution in [1.82, 2.24) is 10.2 Å².